The lowest BCUT2D eigenvalue weighted by Crippen LogP contribution is -1.95. The SMILES string of the molecule is O=CCCCc1cc([N+](=O)[O-])ccc1F. The number of carbonyl (C=O) groups excluding carboxylic acids is 1. The van der Waals surface area contributed by atoms with E-state index >= 15 is 0 Å². The Kier molecular flexibility index (Phi) is 3.91. The third-order valence-corrected chi connectivity index (χ3v) is 2.01. The van der Waals surface area contributed by atoms with Crippen molar-refractivity contribution >= 4 is 12.0 Å². The van der Waals surface area contributed by atoms with E-state index in [4.69, 9.17) is 0 Å². The first-order valence-electron chi connectivity index (χ1n) is 4.51. The van der Waals surface area contributed by atoms with Gasteiger partial charge in [-0.2, -0.15) is 0 Å². The summed E-state index contributed by atoms with van der Waals surface area (Å²) in [6.45, 7) is 0. The van der Waals surface area contributed by atoms with E-state index in [1.54, 1.807) is 0 Å². The molecule has 1 aromatic carbocycles. The van der Waals surface area contributed by atoms with Gasteiger partial charge in [-0.1, -0.05) is 0 Å². The van der Waals surface area contributed by atoms with Gasteiger partial charge in [-0.15, -0.1) is 0 Å². The van der Waals surface area contributed by atoms with Crippen LogP contribution in [0.5, 0.6) is 0 Å². The average Bonchev–Trinajstić information content (AvgIpc) is 2.20. The molecule has 0 aliphatic carbocycles. The van der Waals surface area contributed by atoms with Gasteiger partial charge in [0.25, 0.3) is 5.69 Å². The summed E-state index contributed by atoms with van der Waals surface area (Å²) in [5.41, 5.74) is 0.156. The third kappa shape index (κ3) is 3.12. The first-order valence-corrected chi connectivity index (χ1v) is 4.51. The van der Waals surface area contributed by atoms with Crippen molar-refractivity contribution < 1.29 is 14.1 Å². The quantitative estimate of drug-likeness (QED) is 0.325. The zero-order valence-corrected chi connectivity index (χ0v) is 7.98. The lowest BCUT2D eigenvalue weighted by Gasteiger charge is -2.01. The Balaban J connectivity index is 2.80. The molecule has 0 saturated carbocycles. The molecule has 1 rings (SSSR count). The molecule has 0 heterocycles. The number of carbonyl (C=O) groups is 1. The Labute approximate surface area is 85.9 Å². The molecule has 80 valence electrons. The summed E-state index contributed by atoms with van der Waals surface area (Å²) in [6, 6.07) is 3.41. The number of nitro groups is 1. The number of hydrogen-bond donors (Lipinski definition) is 0. The maximum absolute atomic E-state index is 13.1. The molecule has 0 atom stereocenters. The standard InChI is InChI=1S/C10H10FNO3/c11-10-5-4-9(12(14)15)7-8(10)3-1-2-6-13/h4-7H,1-3H2. The lowest BCUT2D eigenvalue weighted by molar-refractivity contribution is -0.385. The molecule has 0 fully saturated rings. The van der Waals surface area contributed by atoms with Gasteiger partial charge in [0, 0.05) is 18.6 Å². The Morgan fingerprint density at radius 2 is 2.20 bits per heavy atom. The van der Waals surface area contributed by atoms with Gasteiger partial charge in [0.1, 0.15) is 12.1 Å². The number of hydrogen-bond acceptors (Lipinski definition) is 3. The van der Waals surface area contributed by atoms with Crippen molar-refractivity contribution in [2.75, 3.05) is 0 Å². The van der Waals surface area contributed by atoms with Crippen molar-refractivity contribution in [3.05, 3.63) is 39.7 Å². The molecule has 0 unspecified atom stereocenters. The van der Waals surface area contributed by atoms with Gasteiger partial charge >= 0.3 is 0 Å². The number of aryl methyl sites for hydroxylation is 1. The van der Waals surface area contributed by atoms with E-state index in [9.17, 15) is 19.3 Å². The number of rotatable bonds is 5. The number of nitro benzene ring substituents is 1. The molecule has 0 aliphatic heterocycles. The largest absolute Gasteiger partial charge is 0.303 e. The summed E-state index contributed by atoms with van der Waals surface area (Å²) in [4.78, 5) is 19.9. The zero-order chi connectivity index (χ0) is 11.3. The van der Waals surface area contributed by atoms with Crippen molar-refractivity contribution in [2.24, 2.45) is 0 Å². The highest BCUT2D eigenvalue weighted by atomic mass is 19.1. The Hall–Kier alpha value is -1.78. The van der Waals surface area contributed by atoms with Crippen LogP contribution in [-0.2, 0) is 11.2 Å². The topological polar surface area (TPSA) is 60.2 Å². The smallest absolute Gasteiger partial charge is 0.269 e. The minimum Gasteiger partial charge on any atom is -0.303 e. The molecule has 0 N–H and O–H groups in total. The minimum atomic E-state index is -0.567. The van der Waals surface area contributed by atoms with Crippen LogP contribution >= 0.6 is 0 Å². The summed E-state index contributed by atoms with van der Waals surface area (Å²) in [5, 5.41) is 10.4. The van der Waals surface area contributed by atoms with Gasteiger partial charge in [-0.05, 0) is 24.5 Å². The number of benzene rings is 1. The van der Waals surface area contributed by atoms with E-state index < -0.39 is 10.7 Å². The van der Waals surface area contributed by atoms with Gasteiger partial charge in [0.15, 0.2) is 0 Å². The van der Waals surface area contributed by atoms with E-state index in [1.807, 2.05) is 0 Å². The fourth-order valence-corrected chi connectivity index (χ4v) is 1.24. The highest BCUT2D eigenvalue weighted by molar-refractivity contribution is 5.49. The number of aldehydes is 1. The van der Waals surface area contributed by atoms with Crippen LogP contribution in [0.3, 0.4) is 0 Å². The summed E-state index contributed by atoms with van der Waals surface area (Å²) in [7, 11) is 0. The maximum atomic E-state index is 13.1. The molecule has 0 bridgehead atoms. The summed E-state index contributed by atoms with van der Waals surface area (Å²) in [5.74, 6) is -0.466. The molecule has 0 aliphatic rings. The van der Waals surface area contributed by atoms with Crippen LogP contribution < -0.4 is 0 Å². The van der Waals surface area contributed by atoms with E-state index in [0.29, 0.717) is 19.3 Å². The summed E-state index contributed by atoms with van der Waals surface area (Å²) < 4.78 is 13.1. The predicted molar refractivity (Wildman–Crippen MR) is 52.1 cm³/mol. The van der Waals surface area contributed by atoms with Crippen molar-refractivity contribution in [2.45, 2.75) is 19.3 Å². The number of non-ortho nitro benzene ring substituents is 1. The molecule has 5 heteroatoms. The van der Waals surface area contributed by atoms with Gasteiger partial charge in [0.2, 0.25) is 0 Å². The second-order valence-electron chi connectivity index (χ2n) is 3.09. The van der Waals surface area contributed by atoms with E-state index in [2.05, 4.69) is 0 Å². The Morgan fingerprint density at radius 1 is 1.47 bits per heavy atom. The first-order chi connectivity index (χ1) is 7.15. The normalized spacial score (nSPS) is 9.93. The second kappa shape index (κ2) is 5.19. The fourth-order valence-electron chi connectivity index (χ4n) is 1.24. The molecule has 0 aromatic heterocycles. The van der Waals surface area contributed by atoms with Crippen LogP contribution in [-0.4, -0.2) is 11.2 Å². The van der Waals surface area contributed by atoms with Gasteiger partial charge in [0.05, 0.1) is 4.92 Å². The predicted octanol–water partition coefficient (Wildman–Crippen LogP) is 2.26. The highest BCUT2D eigenvalue weighted by Gasteiger charge is 2.10. The first kappa shape index (κ1) is 11.3. The molecule has 4 nitrogen and oxygen atoms in total. The van der Waals surface area contributed by atoms with Crippen molar-refractivity contribution in [1.29, 1.82) is 0 Å². The minimum absolute atomic E-state index is 0.127. The molecular formula is C10H10FNO3. The van der Waals surface area contributed by atoms with Crippen LogP contribution in [0.1, 0.15) is 18.4 Å². The van der Waals surface area contributed by atoms with Gasteiger partial charge in [-0.3, -0.25) is 10.1 Å². The highest BCUT2D eigenvalue weighted by Crippen LogP contribution is 2.18. The van der Waals surface area contributed by atoms with Crippen LogP contribution in [0.4, 0.5) is 10.1 Å². The van der Waals surface area contributed by atoms with E-state index in [-0.39, 0.29) is 11.3 Å². The molecule has 0 radical (unpaired) electrons. The summed E-state index contributed by atoms with van der Waals surface area (Å²) in [6.07, 6.45) is 1.92. The number of halogens is 1. The molecule has 0 amide bonds. The summed E-state index contributed by atoms with van der Waals surface area (Å²) >= 11 is 0. The third-order valence-electron chi connectivity index (χ3n) is 2.01. The Morgan fingerprint density at radius 3 is 2.80 bits per heavy atom. The fraction of sp³-hybridized carbons (Fsp3) is 0.300. The monoisotopic (exact) mass is 211 g/mol. The van der Waals surface area contributed by atoms with E-state index in [0.717, 1.165) is 18.4 Å². The number of unbranched alkanes of at least 4 members (excludes halogenated alkanes) is 1. The second-order valence-corrected chi connectivity index (χ2v) is 3.09. The molecular weight excluding hydrogens is 201 g/mol. The Bertz CT molecular complexity index is 379. The molecule has 0 saturated heterocycles. The van der Waals surface area contributed by atoms with Crippen LogP contribution in [0, 0.1) is 15.9 Å². The van der Waals surface area contributed by atoms with Gasteiger partial charge < -0.3 is 4.79 Å². The molecule has 1 aromatic rings. The average molecular weight is 211 g/mol. The molecule has 15 heavy (non-hydrogen) atoms. The van der Waals surface area contributed by atoms with Crippen molar-refractivity contribution in [3.63, 3.8) is 0 Å². The van der Waals surface area contributed by atoms with Gasteiger partial charge in [-0.25, -0.2) is 4.39 Å². The maximum Gasteiger partial charge on any atom is 0.269 e. The van der Waals surface area contributed by atoms with Crippen LogP contribution in [0.15, 0.2) is 18.2 Å². The number of nitrogens with zero attached hydrogens (tertiary/aromatic N) is 1. The van der Waals surface area contributed by atoms with Crippen molar-refractivity contribution in [1.82, 2.24) is 0 Å². The lowest BCUT2D eigenvalue weighted by atomic mass is 10.1. The molecule has 0 spiro atoms. The van der Waals surface area contributed by atoms with Crippen LogP contribution in [0.2, 0.25) is 0 Å². The van der Waals surface area contributed by atoms with E-state index in [1.165, 1.54) is 6.07 Å². The zero-order valence-electron chi connectivity index (χ0n) is 7.98. The van der Waals surface area contributed by atoms with Crippen molar-refractivity contribution in [3.8, 4) is 0 Å². The van der Waals surface area contributed by atoms with Crippen LogP contribution in [0.25, 0.3) is 0 Å².